The lowest BCUT2D eigenvalue weighted by Crippen LogP contribution is -2.28. The number of rotatable bonds is 7. The molecule has 5 nitrogen and oxygen atoms in total. The van der Waals surface area contributed by atoms with Crippen molar-refractivity contribution < 1.29 is 17.5 Å². The molecule has 1 aromatic carbocycles. The number of ether oxygens (including phenoxy) is 1. The topological polar surface area (TPSA) is 81.4 Å². The predicted octanol–water partition coefficient (Wildman–Crippen LogP) is 2.12. The maximum absolute atomic E-state index is 13.2. The fraction of sp³-hybridized carbons (Fsp3) is 0.500. The molecule has 0 atom stereocenters. The van der Waals surface area contributed by atoms with Crippen molar-refractivity contribution in [1.29, 1.82) is 0 Å². The Hall–Kier alpha value is -0.700. The van der Waals surface area contributed by atoms with Gasteiger partial charge in [-0.25, -0.2) is 17.5 Å². The Morgan fingerprint density at radius 3 is 2.70 bits per heavy atom. The van der Waals surface area contributed by atoms with Crippen molar-refractivity contribution in [2.24, 2.45) is 5.92 Å². The summed E-state index contributed by atoms with van der Waals surface area (Å²) in [5, 5.41) is 0. The molecule has 0 aliphatic heterocycles. The average Bonchev–Trinajstić information content (AvgIpc) is 2.32. The Labute approximate surface area is 126 Å². The number of halogens is 2. The first kappa shape index (κ1) is 17.4. The minimum absolute atomic E-state index is 0.0970. The van der Waals surface area contributed by atoms with E-state index in [1.807, 2.05) is 13.8 Å². The molecule has 0 aliphatic carbocycles. The van der Waals surface area contributed by atoms with E-state index in [-0.39, 0.29) is 28.2 Å². The quantitative estimate of drug-likeness (QED) is 0.570. The Morgan fingerprint density at radius 1 is 1.45 bits per heavy atom. The van der Waals surface area contributed by atoms with E-state index in [0.29, 0.717) is 12.5 Å². The molecule has 0 amide bonds. The normalized spacial score (nSPS) is 12.1. The van der Waals surface area contributed by atoms with Crippen molar-refractivity contribution in [3.8, 4) is 0 Å². The highest BCUT2D eigenvalue weighted by Gasteiger charge is 2.19. The van der Waals surface area contributed by atoms with E-state index in [9.17, 15) is 12.8 Å². The SMILES string of the molecule is CC(C)COCCNS(=O)(=O)c1cc(N)c(F)cc1Br. The predicted molar refractivity (Wildman–Crippen MR) is 79.4 cm³/mol. The van der Waals surface area contributed by atoms with Gasteiger partial charge in [0.25, 0.3) is 0 Å². The fourth-order valence-corrected chi connectivity index (χ4v) is 3.46. The van der Waals surface area contributed by atoms with E-state index >= 15 is 0 Å². The van der Waals surface area contributed by atoms with Crippen LogP contribution < -0.4 is 10.5 Å². The second kappa shape index (κ2) is 7.35. The van der Waals surface area contributed by atoms with Gasteiger partial charge in [-0.05, 0) is 34.0 Å². The van der Waals surface area contributed by atoms with Crippen LogP contribution in [0.1, 0.15) is 13.8 Å². The zero-order valence-corrected chi connectivity index (χ0v) is 13.7. The standard InChI is InChI=1S/C12H18BrFN2O3S/c1-8(2)7-19-4-3-16-20(17,18)12-6-11(15)10(14)5-9(12)13/h5-6,8,16H,3-4,7,15H2,1-2H3. The van der Waals surface area contributed by atoms with Gasteiger partial charge in [0, 0.05) is 17.6 Å². The van der Waals surface area contributed by atoms with Gasteiger partial charge in [0.15, 0.2) is 0 Å². The second-order valence-corrected chi connectivity index (χ2v) is 7.26. The van der Waals surface area contributed by atoms with Crippen molar-refractivity contribution >= 4 is 31.6 Å². The molecule has 8 heteroatoms. The number of sulfonamides is 1. The smallest absolute Gasteiger partial charge is 0.241 e. The summed E-state index contributed by atoms with van der Waals surface area (Å²) >= 11 is 3.01. The number of anilines is 1. The Kier molecular flexibility index (Phi) is 6.38. The summed E-state index contributed by atoms with van der Waals surface area (Å²) in [6, 6.07) is 2.11. The minimum Gasteiger partial charge on any atom is -0.396 e. The molecule has 0 bridgehead atoms. The lowest BCUT2D eigenvalue weighted by atomic mass is 10.2. The summed E-state index contributed by atoms with van der Waals surface area (Å²) in [4.78, 5) is -0.0970. The van der Waals surface area contributed by atoms with E-state index in [1.54, 1.807) is 0 Å². The van der Waals surface area contributed by atoms with Crippen LogP contribution in [0.3, 0.4) is 0 Å². The van der Waals surface area contributed by atoms with Gasteiger partial charge < -0.3 is 10.5 Å². The van der Waals surface area contributed by atoms with Crippen LogP contribution >= 0.6 is 15.9 Å². The van der Waals surface area contributed by atoms with Crippen LogP contribution in [-0.4, -0.2) is 28.2 Å². The van der Waals surface area contributed by atoms with Gasteiger partial charge in [0.1, 0.15) is 5.82 Å². The number of nitrogen functional groups attached to an aromatic ring is 1. The van der Waals surface area contributed by atoms with Crippen molar-refractivity contribution in [2.75, 3.05) is 25.5 Å². The van der Waals surface area contributed by atoms with Gasteiger partial charge in [-0.15, -0.1) is 0 Å². The lowest BCUT2D eigenvalue weighted by Gasteiger charge is -2.11. The third kappa shape index (κ3) is 5.01. The van der Waals surface area contributed by atoms with Crippen molar-refractivity contribution in [2.45, 2.75) is 18.7 Å². The third-order valence-corrected chi connectivity index (χ3v) is 4.75. The summed E-state index contributed by atoms with van der Waals surface area (Å²) in [5.41, 5.74) is 5.17. The molecule has 20 heavy (non-hydrogen) atoms. The van der Waals surface area contributed by atoms with E-state index in [2.05, 4.69) is 20.7 Å². The van der Waals surface area contributed by atoms with Crippen LogP contribution in [0.15, 0.2) is 21.5 Å². The summed E-state index contributed by atoms with van der Waals surface area (Å²) < 4.78 is 45.0. The van der Waals surface area contributed by atoms with Gasteiger partial charge in [-0.3, -0.25) is 0 Å². The van der Waals surface area contributed by atoms with Crippen molar-refractivity contribution in [3.05, 3.63) is 22.4 Å². The fourth-order valence-electron chi connectivity index (χ4n) is 1.40. The number of benzene rings is 1. The molecular formula is C12H18BrFN2O3S. The minimum atomic E-state index is -3.75. The number of nitrogens with two attached hydrogens (primary N) is 1. The molecule has 0 saturated heterocycles. The van der Waals surface area contributed by atoms with Crippen LogP contribution in [0, 0.1) is 11.7 Å². The molecule has 1 aromatic rings. The highest BCUT2D eigenvalue weighted by Crippen LogP contribution is 2.26. The van der Waals surface area contributed by atoms with Crippen molar-refractivity contribution in [1.82, 2.24) is 4.72 Å². The van der Waals surface area contributed by atoms with Crippen molar-refractivity contribution in [3.63, 3.8) is 0 Å². The van der Waals surface area contributed by atoms with E-state index in [1.165, 1.54) is 0 Å². The highest BCUT2D eigenvalue weighted by molar-refractivity contribution is 9.10. The van der Waals surface area contributed by atoms with E-state index < -0.39 is 15.8 Å². The lowest BCUT2D eigenvalue weighted by molar-refractivity contribution is 0.114. The van der Waals surface area contributed by atoms with Gasteiger partial charge in [0.05, 0.1) is 17.2 Å². The van der Waals surface area contributed by atoms with Gasteiger partial charge in [-0.2, -0.15) is 0 Å². The van der Waals surface area contributed by atoms with Crippen LogP contribution in [0.2, 0.25) is 0 Å². The summed E-state index contributed by atoms with van der Waals surface area (Å²) in [6.07, 6.45) is 0. The maximum atomic E-state index is 13.2. The monoisotopic (exact) mass is 368 g/mol. The third-order valence-electron chi connectivity index (χ3n) is 2.33. The number of hydrogen-bond acceptors (Lipinski definition) is 4. The molecular weight excluding hydrogens is 351 g/mol. The first-order chi connectivity index (χ1) is 9.24. The summed E-state index contributed by atoms with van der Waals surface area (Å²) in [5.74, 6) is -0.284. The molecule has 0 fully saturated rings. The van der Waals surface area contributed by atoms with Gasteiger partial charge in [0.2, 0.25) is 10.0 Å². The van der Waals surface area contributed by atoms with E-state index in [0.717, 1.165) is 12.1 Å². The molecule has 0 spiro atoms. The Bertz CT molecular complexity index is 564. The average molecular weight is 369 g/mol. The highest BCUT2D eigenvalue weighted by atomic mass is 79.9. The molecule has 0 unspecified atom stereocenters. The molecule has 0 saturated carbocycles. The van der Waals surface area contributed by atoms with Crippen LogP contribution in [0.5, 0.6) is 0 Å². The first-order valence-corrected chi connectivity index (χ1v) is 8.33. The van der Waals surface area contributed by atoms with Crippen LogP contribution in [-0.2, 0) is 14.8 Å². The van der Waals surface area contributed by atoms with Crippen LogP contribution in [0.4, 0.5) is 10.1 Å². The zero-order valence-electron chi connectivity index (χ0n) is 11.3. The van der Waals surface area contributed by atoms with E-state index in [4.69, 9.17) is 10.5 Å². The Balaban J connectivity index is 2.68. The van der Waals surface area contributed by atoms with Gasteiger partial charge in [-0.1, -0.05) is 13.8 Å². The maximum Gasteiger partial charge on any atom is 0.241 e. The molecule has 0 radical (unpaired) electrons. The molecule has 1 rings (SSSR count). The largest absolute Gasteiger partial charge is 0.396 e. The summed E-state index contributed by atoms with van der Waals surface area (Å²) in [7, 11) is -3.75. The number of hydrogen-bond donors (Lipinski definition) is 2. The van der Waals surface area contributed by atoms with Crippen LogP contribution in [0.25, 0.3) is 0 Å². The van der Waals surface area contributed by atoms with Gasteiger partial charge >= 0.3 is 0 Å². The number of nitrogens with one attached hydrogen (secondary N) is 1. The second-order valence-electron chi connectivity index (χ2n) is 4.67. The zero-order chi connectivity index (χ0) is 15.3. The molecule has 0 heterocycles. The molecule has 3 N–H and O–H groups in total. The molecule has 0 aliphatic rings. The molecule has 114 valence electrons. The first-order valence-electron chi connectivity index (χ1n) is 6.06. The summed E-state index contributed by atoms with van der Waals surface area (Å²) in [6.45, 7) is 4.98. The Morgan fingerprint density at radius 2 is 2.10 bits per heavy atom. The molecule has 0 aromatic heterocycles.